The highest BCUT2D eigenvalue weighted by atomic mass is 32.2. The van der Waals surface area contributed by atoms with Crippen LogP contribution in [-0.2, 0) is 5.75 Å². The fourth-order valence-electron chi connectivity index (χ4n) is 1.37. The van der Waals surface area contributed by atoms with Gasteiger partial charge < -0.3 is 10.7 Å². The minimum Gasteiger partial charge on any atom is -0.384 e. The Kier molecular flexibility index (Phi) is 3.43. The Labute approximate surface area is 102 Å². The van der Waals surface area contributed by atoms with Crippen molar-refractivity contribution >= 4 is 17.6 Å². The summed E-state index contributed by atoms with van der Waals surface area (Å²) >= 11 is 1.46. The van der Waals surface area contributed by atoms with Gasteiger partial charge in [-0.05, 0) is 23.8 Å². The molecule has 6 heteroatoms. The van der Waals surface area contributed by atoms with Crippen LogP contribution in [0.25, 0.3) is 0 Å². The number of benzene rings is 1. The number of hydrogen-bond acceptors (Lipinski definition) is 3. The summed E-state index contributed by atoms with van der Waals surface area (Å²) in [5, 5.41) is 8.06. The van der Waals surface area contributed by atoms with Crippen molar-refractivity contribution in [2.75, 3.05) is 0 Å². The van der Waals surface area contributed by atoms with Crippen LogP contribution in [0.1, 0.15) is 11.1 Å². The predicted octanol–water partition coefficient (Wildman–Crippen LogP) is 2.13. The minimum atomic E-state index is -0.382. The van der Waals surface area contributed by atoms with Crippen LogP contribution in [0.5, 0.6) is 0 Å². The highest BCUT2D eigenvalue weighted by Gasteiger charge is 2.04. The van der Waals surface area contributed by atoms with E-state index in [0.717, 1.165) is 10.7 Å². The molecule has 0 radical (unpaired) electrons. The number of halogens is 1. The Morgan fingerprint density at radius 3 is 2.94 bits per heavy atom. The number of H-pyrrole nitrogens is 1. The summed E-state index contributed by atoms with van der Waals surface area (Å²) in [5.41, 5.74) is 6.51. The maximum absolute atomic E-state index is 13.3. The summed E-state index contributed by atoms with van der Waals surface area (Å²) in [4.78, 5) is 7.01. The van der Waals surface area contributed by atoms with Gasteiger partial charge >= 0.3 is 0 Å². The van der Waals surface area contributed by atoms with Gasteiger partial charge in [-0.3, -0.25) is 5.41 Å². The number of amidine groups is 1. The van der Waals surface area contributed by atoms with Crippen molar-refractivity contribution in [2.24, 2.45) is 5.73 Å². The second-order valence-corrected chi connectivity index (χ2v) is 4.41. The van der Waals surface area contributed by atoms with Crippen LogP contribution < -0.4 is 5.73 Å². The first-order chi connectivity index (χ1) is 8.15. The van der Waals surface area contributed by atoms with Gasteiger partial charge in [0.2, 0.25) is 0 Å². The van der Waals surface area contributed by atoms with E-state index in [1.54, 1.807) is 18.5 Å². The number of nitrogen functional groups attached to an aromatic ring is 1. The summed E-state index contributed by atoms with van der Waals surface area (Å²) in [6.07, 6.45) is 3.39. The van der Waals surface area contributed by atoms with E-state index in [1.807, 2.05) is 0 Å². The number of aromatic amines is 1. The molecule has 0 amide bonds. The van der Waals surface area contributed by atoms with Gasteiger partial charge in [0.05, 0.1) is 0 Å². The molecule has 0 aliphatic rings. The number of hydrogen-bond donors (Lipinski definition) is 3. The number of imidazole rings is 1. The van der Waals surface area contributed by atoms with E-state index < -0.39 is 0 Å². The van der Waals surface area contributed by atoms with Crippen molar-refractivity contribution in [1.82, 2.24) is 9.97 Å². The molecule has 0 saturated heterocycles. The number of nitrogens with one attached hydrogen (secondary N) is 2. The van der Waals surface area contributed by atoms with E-state index >= 15 is 0 Å². The predicted molar refractivity (Wildman–Crippen MR) is 65.6 cm³/mol. The van der Waals surface area contributed by atoms with Crippen molar-refractivity contribution in [3.63, 3.8) is 0 Å². The maximum atomic E-state index is 13.3. The lowest BCUT2D eigenvalue weighted by molar-refractivity contribution is 0.626. The van der Waals surface area contributed by atoms with Crippen molar-refractivity contribution < 1.29 is 4.39 Å². The highest BCUT2D eigenvalue weighted by Crippen LogP contribution is 2.20. The third-order valence-electron chi connectivity index (χ3n) is 2.12. The molecule has 1 heterocycles. The van der Waals surface area contributed by atoms with Gasteiger partial charge in [-0.2, -0.15) is 0 Å². The fraction of sp³-hybridized carbons (Fsp3) is 0.0909. The van der Waals surface area contributed by atoms with Gasteiger partial charge in [0, 0.05) is 23.7 Å². The molecule has 0 fully saturated rings. The molecule has 4 N–H and O–H groups in total. The lowest BCUT2D eigenvalue weighted by Crippen LogP contribution is -2.11. The summed E-state index contributed by atoms with van der Waals surface area (Å²) in [6.45, 7) is 0. The lowest BCUT2D eigenvalue weighted by Gasteiger charge is -2.04. The summed E-state index contributed by atoms with van der Waals surface area (Å²) in [6, 6.07) is 4.40. The first-order valence-electron chi connectivity index (χ1n) is 4.91. The van der Waals surface area contributed by atoms with Crippen LogP contribution in [-0.4, -0.2) is 15.8 Å². The van der Waals surface area contributed by atoms with Crippen molar-refractivity contribution in [3.05, 3.63) is 47.5 Å². The zero-order valence-electron chi connectivity index (χ0n) is 8.90. The van der Waals surface area contributed by atoms with Gasteiger partial charge in [-0.25, -0.2) is 9.37 Å². The number of rotatable bonds is 4. The fourth-order valence-corrected chi connectivity index (χ4v) is 2.13. The number of thioether (sulfide) groups is 1. The second-order valence-electron chi connectivity index (χ2n) is 3.44. The normalized spacial score (nSPS) is 10.4. The Morgan fingerprint density at radius 1 is 1.47 bits per heavy atom. The molecule has 2 rings (SSSR count). The monoisotopic (exact) mass is 250 g/mol. The highest BCUT2D eigenvalue weighted by molar-refractivity contribution is 7.98. The molecular formula is C11H11FN4S. The molecule has 17 heavy (non-hydrogen) atoms. The molecule has 0 bridgehead atoms. The molecule has 0 aliphatic heterocycles. The van der Waals surface area contributed by atoms with E-state index in [1.165, 1.54) is 23.9 Å². The first-order valence-corrected chi connectivity index (χ1v) is 5.90. The van der Waals surface area contributed by atoms with Gasteiger partial charge in [0.1, 0.15) is 11.7 Å². The largest absolute Gasteiger partial charge is 0.384 e. The quantitative estimate of drug-likeness (QED) is 0.442. The van der Waals surface area contributed by atoms with Gasteiger partial charge in [0.15, 0.2) is 5.16 Å². The Bertz CT molecular complexity index is 524. The molecule has 0 spiro atoms. The SMILES string of the molecule is N=C(N)c1cc(F)cc(CSc2ncc[nH]2)c1. The Morgan fingerprint density at radius 2 is 2.29 bits per heavy atom. The molecule has 4 nitrogen and oxygen atoms in total. The van der Waals surface area contributed by atoms with Gasteiger partial charge in [-0.15, -0.1) is 0 Å². The van der Waals surface area contributed by atoms with E-state index in [4.69, 9.17) is 11.1 Å². The smallest absolute Gasteiger partial charge is 0.165 e. The number of nitrogens with zero attached hydrogens (tertiary/aromatic N) is 1. The molecule has 1 aromatic carbocycles. The lowest BCUT2D eigenvalue weighted by atomic mass is 10.1. The zero-order valence-corrected chi connectivity index (χ0v) is 9.72. The summed E-state index contributed by atoms with van der Waals surface area (Å²) in [5.74, 6) is 0.0624. The maximum Gasteiger partial charge on any atom is 0.165 e. The van der Waals surface area contributed by atoms with E-state index in [-0.39, 0.29) is 11.7 Å². The third-order valence-corrected chi connectivity index (χ3v) is 3.09. The molecule has 1 aromatic heterocycles. The van der Waals surface area contributed by atoms with E-state index in [2.05, 4.69) is 9.97 Å². The summed E-state index contributed by atoms with van der Waals surface area (Å²) < 4.78 is 13.3. The molecule has 0 aliphatic carbocycles. The average Bonchev–Trinajstić information content (AvgIpc) is 2.78. The molecule has 0 unspecified atom stereocenters. The van der Waals surface area contributed by atoms with Crippen molar-refractivity contribution in [3.8, 4) is 0 Å². The molecule has 0 atom stereocenters. The van der Waals surface area contributed by atoms with Crippen LogP contribution in [0.4, 0.5) is 4.39 Å². The zero-order chi connectivity index (χ0) is 12.3. The molecular weight excluding hydrogens is 239 g/mol. The Hall–Kier alpha value is -1.82. The number of nitrogens with two attached hydrogens (primary N) is 1. The topological polar surface area (TPSA) is 78.6 Å². The number of aromatic nitrogens is 2. The minimum absolute atomic E-state index is 0.131. The molecule has 88 valence electrons. The van der Waals surface area contributed by atoms with E-state index in [0.29, 0.717) is 11.3 Å². The van der Waals surface area contributed by atoms with Crippen molar-refractivity contribution in [1.29, 1.82) is 5.41 Å². The first kappa shape index (κ1) is 11.7. The van der Waals surface area contributed by atoms with Crippen LogP contribution in [0, 0.1) is 11.2 Å². The third kappa shape index (κ3) is 3.07. The second kappa shape index (κ2) is 5.01. The molecule has 2 aromatic rings. The van der Waals surface area contributed by atoms with Crippen LogP contribution in [0.3, 0.4) is 0 Å². The van der Waals surface area contributed by atoms with E-state index in [9.17, 15) is 4.39 Å². The van der Waals surface area contributed by atoms with Crippen LogP contribution >= 0.6 is 11.8 Å². The Balaban J connectivity index is 2.13. The van der Waals surface area contributed by atoms with Gasteiger partial charge in [0.25, 0.3) is 0 Å². The van der Waals surface area contributed by atoms with Gasteiger partial charge in [-0.1, -0.05) is 11.8 Å². The summed E-state index contributed by atoms with van der Waals surface area (Å²) in [7, 11) is 0. The molecule has 0 saturated carbocycles. The standard InChI is InChI=1S/C11H11FN4S/c12-9-4-7(3-8(5-9)10(13)14)6-17-11-15-1-2-16-11/h1-5H,6H2,(H3,13,14)(H,15,16). The average molecular weight is 250 g/mol. The van der Waals surface area contributed by atoms with Crippen molar-refractivity contribution in [2.45, 2.75) is 10.9 Å². The van der Waals surface area contributed by atoms with Crippen LogP contribution in [0.2, 0.25) is 0 Å². The van der Waals surface area contributed by atoms with Crippen LogP contribution in [0.15, 0.2) is 35.7 Å².